The van der Waals surface area contributed by atoms with Gasteiger partial charge in [-0.15, -0.1) is 0 Å². The van der Waals surface area contributed by atoms with Crippen molar-refractivity contribution >= 4 is 15.9 Å². The lowest BCUT2D eigenvalue weighted by Gasteiger charge is -2.33. The summed E-state index contributed by atoms with van der Waals surface area (Å²) < 4.78 is 25.2. The van der Waals surface area contributed by atoms with Crippen molar-refractivity contribution in [2.45, 2.75) is 12.5 Å². The van der Waals surface area contributed by atoms with E-state index in [2.05, 4.69) is 15.9 Å². The molecule has 0 spiro atoms. The fraction of sp³-hybridized carbons (Fsp3) is 0.200. The van der Waals surface area contributed by atoms with Crippen molar-refractivity contribution in [2.75, 3.05) is 7.11 Å². The van der Waals surface area contributed by atoms with Gasteiger partial charge in [0.25, 0.3) is 0 Å². The van der Waals surface area contributed by atoms with Crippen LogP contribution in [0.3, 0.4) is 0 Å². The van der Waals surface area contributed by atoms with Crippen LogP contribution in [0.25, 0.3) is 0 Å². The molecule has 1 heterocycles. The number of hydrogen-bond acceptors (Lipinski definition) is 3. The first-order valence-electron chi connectivity index (χ1n) is 6.01. The second kappa shape index (κ2) is 4.46. The highest BCUT2D eigenvalue weighted by Crippen LogP contribution is 2.48. The number of methoxy groups -OCH3 is 1. The first-order chi connectivity index (χ1) is 9.43. The van der Waals surface area contributed by atoms with Crippen molar-refractivity contribution in [1.29, 1.82) is 0 Å². The molecule has 0 aliphatic carbocycles. The Morgan fingerprint density at radius 2 is 1.90 bits per heavy atom. The van der Waals surface area contributed by atoms with Crippen LogP contribution in [-0.2, 0) is 5.60 Å². The summed E-state index contributed by atoms with van der Waals surface area (Å²) in [4.78, 5) is 0. The van der Waals surface area contributed by atoms with Gasteiger partial charge in [-0.3, -0.25) is 0 Å². The van der Waals surface area contributed by atoms with Crippen LogP contribution in [0.1, 0.15) is 18.1 Å². The van der Waals surface area contributed by atoms with Crippen molar-refractivity contribution in [2.24, 2.45) is 0 Å². The molecule has 1 aliphatic rings. The average Bonchev–Trinajstić information content (AvgIpc) is 2.39. The third kappa shape index (κ3) is 1.89. The van der Waals surface area contributed by atoms with E-state index >= 15 is 0 Å². The maximum absolute atomic E-state index is 13.8. The zero-order chi connectivity index (χ0) is 14.5. The quantitative estimate of drug-likeness (QED) is 0.855. The molecular formula is C15H12BrFO3. The largest absolute Gasteiger partial charge is 0.494 e. The van der Waals surface area contributed by atoms with Crippen LogP contribution in [0, 0.1) is 5.82 Å². The maximum Gasteiger partial charge on any atom is 0.168 e. The summed E-state index contributed by atoms with van der Waals surface area (Å²) in [6.07, 6.45) is 0. The van der Waals surface area contributed by atoms with Gasteiger partial charge in [0.15, 0.2) is 11.6 Å². The molecule has 1 aliphatic heterocycles. The lowest BCUT2D eigenvalue weighted by Crippen LogP contribution is -2.27. The fourth-order valence-corrected chi connectivity index (χ4v) is 2.75. The van der Waals surface area contributed by atoms with Crippen LogP contribution in [0.2, 0.25) is 0 Å². The highest BCUT2D eigenvalue weighted by molar-refractivity contribution is 9.10. The number of aliphatic hydroxyl groups is 1. The van der Waals surface area contributed by atoms with Gasteiger partial charge in [0.05, 0.1) is 7.11 Å². The number of benzene rings is 2. The minimum Gasteiger partial charge on any atom is -0.494 e. The van der Waals surface area contributed by atoms with E-state index in [1.165, 1.54) is 19.2 Å². The van der Waals surface area contributed by atoms with Crippen LogP contribution in [-0.4, -0.2) is 12.2 Å². The van der Waals surface area contributed by atoms with E-state index in [1.807, 2.05) is 0 Å². The van der Waals surface area contributed by atoms with Gasteiger partial charge in [0.1, 0.15) is 17.1 Å². The molecule has 104 valence electrons. The smallest absolute Gasteiger partial charge is 0.168 e. The minimum absolute atomic E-state index is 0.0751. The summed E-state index contributed by atoms with van der Waals surface area (Å²) in [6.45, 7) is 1.65. The van der Waals surface area contributed by atoms with Crippen molar-refractivity contribution in [1.82, 2.24) is 0 Å². The highest BCUT2D eigenvalue weighted by atomic mass is 79.9. The van der Waals surface area contributed by atoms with E-state index in [4.69, 9.17) is 9.47 Å². The summed E-state index contributed by atoms with van der Waals surface area (Å²) in [7, 11) is 1.38. The van der Waals surface area contributed by atoms with Gasteiger partial charge in [-0.1, -0.05) is 15.9 Å². The number of fused-ring (bicyclic) bond motifs is 2. The van der Waals surface area contributed by atoms with Crippen LogP contribution in [0.5, 0.6) is 17.2 Å². The molecule has 5 heteroatoms. The van der Waals surface area contributed by atoms with E-state index in [0.717, 1.165) is 4.47 Å². The summed E-state index contributed by atoms with van der Waals surface area (Å²) in [5.41, 5.74) is -0.192. The summed E-state index contributed by atoms with van der Waals surface area (Å²) in [5.74, 6) is 0.354. The van der Waals surface area contributed by atoms with Gasteiger partial charge in [-0.2, -0.15) is 0 Å². The molecule has 0 bridgehead atoms. The minimum atomic E-state index is -1.28. The normalized spacial score (nSPS) is 19.9. The molecule has 20 heavy (non-hydrogen) atoms. The van der Waals surface area contributed by atoms with E-state index in [-0.39, 0.29) is 5.75 Å². The van der Waals surface area contributed by atoms with E-state index in [1.54, 1.807) is 25.1 Å². The first-order valence-corrected chi connectivity index (χ1v) is 6.81. The molecule has 3 rings (SSSR count). The van der Waals surface area contributed by atoms with E-state index in [0.29, 0.717) is 22.6 Å². The van der Waals surface area contributed by atoms with Crippen molar-refractivity contribution < 1.29 is 19.0 Å². The lowest BCUT2D eigenvalue weighted by atomic mass is 9.85. The molecule has 2 aromatic rings. The third-order valence-electron chi connectivity index (χ3n) is 3.46. The van der Waals surface area contributed by atoms with Gasteiger partial charge in [0, 0.05) is 21.7 Å². The number of hydrogen-bond donors (Lipinski definition) is 1. The van der Waals surface area contributed by atoms with Crippen molar-refractivity contribution in [3.05, 3.63) is 51.7 Å². The predicted molar refractivity (Wildman–Crippen MR) is 75.8 cm³/mol. The average molecular weight is 339 g/mol. The monoisotopic (exact) mass is 338 g/mol. The van der Waals surface area contributed by atoms with Crippen LogP contribution in [0.4, 0.5) is 4.39 Å². The second-order valence-corrected chi connectivity index (χ2v) is 5.71. The standard InChI is InChI=1S/C15H12BrFO3/c1-15(18)9-5-8(16)3-4-12(9)20-13-7-11(17)14(19-2)6-10(13)15/h3-7,18H,1-2H3. The fourth-order valence-electron chi connectivity index (χ4n) is 2.39. The maximum atomic E-state index is 13.8. The Bertz CT molecular complexity index is 698. The van der Waals surface area contributed by atoms with Crippen LogP contribution < -0.4 is 9.47 Å². The molecule has 0 aromatic heterocycles. The van der Waals surface area contributed by atoms with E-state index in [9.17, 15) is 9.50 Å². The molecule has 1 atom stereocenters. The molecule has 2 aromatic carbocycles. The molecule has 0 fully saturated rings. The Labute approximate surface area is 124 Å². The molecule has 1 unspecified atom stereocenters. The number of rotatable bonds is 1. The van der Waals surface area contributed by atoms with Gasteiger partial charge >= 0.3 is 0 Å². The van der Waals surface area contributed by atoms with Crippen LogP contribution in [0.15, 0.2) is 34.8 Å². The molecule has 0 saturated heterocycles. The summed E-state index contributed by atoms with van der Waals surface area (Å²) in [6, 6.07) is 8.02. The van der Waals surface area contributed by atoms with Gasteiger partial charge in [-0.05, 0) is 31.2 Å². The molecule has 0 saturated carbocycles. The van der Waals surface area contributed by atoms with Gasteiger partial charge in [-0.25, -0.2) is 4.39 Å². The second-order valence-electron chi connectivity index (χ2n) is 4.80. The first kappa shape index (κ1) is 13.4. The van der Waals surface area contributed by atoms with E-state index < -0.39 is 11.4 Å². The Balaban J connectivity index is 2.25. The van der Waals surface area contributed by atoms with Crippen molar-refractivity contribution in [3.63, 3.8) is 0 Å². The topological polar surface area (TPSA) is 38.7 Å². The third-order valence-corrected chi connectivity index (χ3v) is 3.96. The zero-order valence-corrected chi connectivity index (χ0v) is 12.5. The zero-order valence-electron chi connectivity index (χ0n) is 10.9. The molecular weight excluding hydrogens is 327 g/mol. The number of ether oxygens (including phenoxy) is 2. The Hall–Kier alpha value is -1.59. The lowest BCUT2D eigenvalue weighted by molar-refractivity contribution is 0.0894. The van der Waals surface area contributed by atoms with Crippen LogP contribution >= 0.6 is 15.9 Å². The Morgan fingerprint density at radius 1 is 1.20 bits per heavy atom. The molecule has 0 amide bonds. The highest BCUT2D eigenvalue weighted by Gasteiger charge is 2.37. The number of halogens is 2. The molecule has 3 nitrogen and oxygen atoms in total. The summed E-state index contributed by atoms with van der Waals surface area (Å²) >= 11 is 3.37. The Morgan fingerprint density at radius 3 is 2.60 bits per heavy atom. The summed E-state index contributed by atoms with van der Waals surface area (Å²) in [5, 5.41) is 10.8. The predicted octanol–water partition coefficient (Wildman–Crippen LogP) is 3.96. The Kier molecular flexibility index (Phi) is 2.99. The molecule has 0 radical (unpaired) electrons. The SMILES string of the molecule is COc1cc2c(cc1F)Oc1ccc(Br)cc1C2(C)O. The van der Waals surface area contributed by atoms with Gasteiger partial charge < -0.3 is 14.6 Å². The molecule has 1 N–H and O–H groups in total. The van der Waals surface area contributed by atoms with Crippen molar-refractivity contribution in [3.8, 4) is 17.2 Å². The van der Waals surface area contributed by atoms with Gasteiger partial charge in [0.2, 0.25) is 0 Å².